The van der Waals surface area contributed by atoms with Gasteiger partial charge in [-0.05, 0) is 88.6 Å². The predicted molar refractivity (Wildman–Crippen MR) is 248 cm³/mol. The largest absolute Gasteiger partial charge is 0.456 e. The molecule has 0 aliphatic rings. The SMILES string of the molecule is Cc1cc(F)cc(C)c1Oc1ccc(C(C)(C)O)cc1-c1cn(C)c(=O)c2[nH]c(C(=O)NCc3cn(CCOCCOCCOCCOCCOCCOCCOCCOC(C)C)nn3)cc12. The smallest absolute Gasteiger partial charge is 0.274 e. The second-order valence-corrected chi connectivity index (χ2v) is 16.5. The Bertz CT molecular complexity index is 2330. The Morgan fingerprint density at radius 2 is 1.31 bits per heavy atom. The summed E-state index contributed by atoms with van der Waals surface area (Å²) in [6.45, 7) is 18.5. The molecular formula is C48H67FN6O12. The van der Waals surface area contributed by atoms with Crippen LogP contribution in [0.3, 0.4) is 0 Å². The number of carbonyl (C=O) groups is 1. The second-order valence-electron chi connectivity index (χ2n) is 16.5. The number of pyridine rings is 1. The highest BCUT2D eigenvalue weighted by molar-refractivity contribution is 6.03. The number of fused-ring (bicyclic) bond motifs is 1. The van der Waals surface area contributed by atoms with E-state index in [0.29, 0.717) is 156 Å². The van der Waals surface area contributed by atoms with Crippen LogP contribution in [0.4, 0.5) is 4.39 Å². The van der Waals surface area contributed by atoms with E-state index in [1.807, 2.05) is 13.8 Å². The Morgan fingerprint density at radius 1 is 0.776 bits per heavy atom. The lowest BCUT2D eigenvalue weighted by Gasteiger charge is -2.22. The number of nitrogens with one attached hydrogen (secondary N) is 2. The van der Waals surface area contributed by atoms with Gasteiger partial charge in [0.2, 0.25) is 0 Å². The van der Waals surface area contributed by atoms with Crippen molar-refractivity contribution in [2.75, 3.05) is 99.1 Å². The first-order valence-corrected chi connectivity index (χ1v) is 22.6. The highest BCUT2D eigenvalue weighted by Gasteiger charge is 2.23. The Hall–Kier alpha value is -5.09. The number of aryl methyl sites for hydroxylation is 3. The van der Waals surface area contributed by atoms with Crippen LogP contribution in [0.1, 0.15) is 60.6 Å². The predicted octanol–water partition coefficient (Wildman–Crippen LogP) is 5.37. The first-order valence-electron chi connectivity index (χ1n) is 22.6. The van der Waals surface area contributed by atoms with Crippen LogP contribution in [0.2, 0.25) is 0 Å². The molecule has 0 saturated heterocycles. The minimum atomic E-state index is -1.20. The van der Waals surface area contributed by atoms with Gasteiger partial charge in [-0.25, -0.2) is 9.07 Å². The maximum absolute atomic E-state index is 14.2. The van der Waals surface area contributed by atoms with Gasteiger partial charge in [0.1, 0.15) is 34.2 Å². The molecule has 0 bridgehead atoms. The summed E-state index contributed by atoms with van der Waals surface area (Å²) in [6, 6.07) is 9.68. The molecule has 2 aromatic carbocycles. The number of halogens is 1. The van der Waals surface area contributed by atoms with Gasteiger partial charge in [-0.2, -0.15) is 0 Å². The van der Waals surface area contributed by atoms with Crippen molar-refractivity contribution in [2.45, 2.75) is 66.3 Å². The summed E-state index contributed by atoms with van der Waals surface area (Å²) in [7, 11) is 1.61. The summed E-state index contributed by atoms with van der Waals surface area (Å²) in [5, 5.41) is 22.6. The molecule has 0 aliphatic carbocycles. The van der Waals surface area contributed by atoms with Crippen molar-refractivity contribution in [3.63, 3.8) is 0 Å². The molecular weight excluding hydrogens is 872 g/mol. The Balaban J connectivity index is 0.980. The van der Waals surface area contributed by atoms with Gasteiger partial charge in [-0.15, -0.1) is 5.10 Å². The average molecular weight is 939 g/mol. The summed E-state index contributed by atoms with van der Waals surface area (Å²) in [5.74, 6) is 0.0695. The highest BCUT2D eigenvalue weighted by atomic mass is 19.1. The van der Waals surface area contributed by atoms with E-state index >= 15 is 0 Å². The van der Waals surface area contributed by atoms with Gasteiger partial charge in [0.25, 0.3) is 11.5 Å². The summed E-state index contributed by atoms with van der Waals surface area (Å²) in [5.41, 5.74) is 2.30. The van der Waals surface area contributed by atoms with Crippen LogP contribution in [-0.2, 0) is 63.6 Å². The van der Waals surface area contributed by atoms with Crippen molar-refractivity contribution < 1.29 is 56.9 Å². The fourth-order valence-electron chi connectivity index (χ4n) is 6.77. The molecule has 19 heteroatoms. The van der Waals surface area contributed by atoms with Crippen LogP contribution in [-0.4, -0.2) is 141 Å². The maximum atomic E-state index is 14.2. The molecule has 5 aromatic rings. The first-order chi connectivity index (χ1) is 32.2. The molecule has 67 heavy (non-hydrogen) atoms. The molecule has 18 nitrogen and oxygen atoms in total. The fourth-order valence-corrected chi connectivity index (χ4v) is 6.77. The van der Waals surface area contributed by atoms with Crippen LogP contribution < -0.4 is 15.6 Å². The third kappa shape index (κ3) is 17.2. The Labute approximate surface area is 390 Å². The molecule has 0 saturated carbocycles. The van der Waals surface area contributed by atoms with E-state index in [1.54, 1.807) is 76.1 Å². The molecule has 3 aromatic heterocycles. The normalized spacial score (nSPS) is 11.9. The third-order valence-corrected chi connectivity index (χ3v) is 10.2. The van der Waals surface area contributed by atoms with Crippen molar-refractivity contribution in [3.8, 4) is 22.6 Å². The molecule has 5 rings (SSSR count). The van der Waals surface area contributed by atoms with Crippen molar-refractivity contribution in [1.29, 1.82) is 0 Å². The maximum Gasteiger partial charge on any atom is 0.274 e. The fraction of sp³-hybridized carbons (Fsp3) is 0.542. The number of aliphatic hydroxyl groups is 1. The zero-order chi connectivity index (χ0) is 48.2. The van der Waals surface area contributed by atoms with E-state index < -0.39 is 11.5 Å². The lowest BCUT2D eigenvalue weighted by atomic mass is 9.93. The second kappa shape index (κ2) is 27.0. The minimum Gasteiger partial charge on any atom is -0.456 e. The van der Waals surface area contributed by atoms with Gasteiger partial charge in [0, 0.05) is 29.8 Å². The van der Waals surface area contributed by atoms with E-state index in [-0.39, 0.29) is 35.2 Å². The number of rotatable bonds is 32. The van der Waals surface area contributed by atoms with E-state index in [2.05, 4.69) is 20.6 Å². The van der Waals surface area contributed by atoms with Gasteiger partial charge in [-0.3, -0.25) is 9.59 Å². The standard InChI is InChI=1S/C48H67FN6O12/c1-33(2)66-25-24-65-23-22-64-21-20-63-19-18-62-17-16-61-15-14-60-13-12-59-11-10-55-31-38(52-53-55)30-50-46(56)42-29-40-41(32-54(7)47(57)44(40)51-42)39-28-36(48(5,6)58)8-9-43(39)67-45-34(3)26-37(49)27-35(45)4/h8-9,26-29,31-33,51,58H,10-25,30H2,1-7H3,(H,50,56). The Kier molecular flexibility index (Phi) is 21.3. The quantitative estimate of drug-likeness (QED) is 0.0465. The van der Waals surface area contributed by atoms with Gasteiger partial charge in [0.05, 0.1) is 130 Å². The molecule has 1 amide bonds. The van der Waals surface area contributed by atoms with Crippen LogP contribution in [0, 0.1) is 19.7 Å². The number of H-pyrrole nitrogens is 1. The van der Waals surface area contributed by atoms with Gasteiger partial charge >= 0.3 is 0 Å². The molecule has 3 N–H and O–H groups in total. The number of aromatic amines is 1. The lowest BCUT2D eigenvalue weighted by molar-refractivity contribution is -0.0256. The number of nitrogens with zero attached hydrogens (tertiary/aromatic N) is 4. The number of benzene rings is 2. The molecule has 0 unspecified atom stereocenters. The molecule has 368 valence electrons. The number of aromatic nitrogens is 5. The number of ether oxygens (including phenoxy) is 9. The van der Waals surface area contributed by atoms with Crippen molar-refractivity contribution in [3.05, 3.63) is 93.0 Å². The summed E-state index contributed by atoms with van der Waals surface area (Å²) >= 11 is 0. The lowest BCUT2D eigenvalue weighted by Crippen LogP contribution is -2.23. The molecule has 0 fully saturated rings. The zero-order valence-corrected chi connectivity index (χ0v) is 39.8. The monoisotopic (exact) mass is 938 g/mol. The molecule has 0 atom stereocenters. The van der Waals surface area contributed by atoms with Gasteiger partial charge in [-0.1, -0.05) is 11.3 Å². The topological polar surface area (TPSA) is 201 Å². The van der Waals surface area contributed by atoms with Crippen molar-refractivity contribution in [1.82, 2.24) is 29.9 Å². The van der Waals surface area contributed by atoms with E-state index in [4.69, 9.17) is 42.6 Å². The molecule has 0 radical (unpaired) electrons. The van der Waals surface area contributed by atoms with Gasteiger partial charge < -0.3 is 62.6 Å². The van der Waals surface area contributed by atoms with E-state index in [9.17, 15) is 19.1 Å². The average Bonchev–Trinajstić information content (AvgIpc) is 3.94. The molecule has 3 heterocycles. The first kappa shape index (κ1) is 52.9. The van der Waals surface area contributed by atoms with Crippen LogP contribution >= 0.6 is 0 Å². The third-order valence-electron chi connectivity index (χ3n) is 10.2. The molecule has 0 spiro atoms. The van der Waals surface area contributed by atoms with Crippen LogP contribution in [0.5, 0.6) is 11.5 Å². The summed E-state index contributed by atoms with van der Waals surface area (Å²) in [6.07, 6.45) is 3.59. The van der Waals surface area contributed by atoms with Crippen LogP contribution in [0.25, 0.3) is 22.0 Å². The Morgan fingerprint density at radius 3 is 1.85 bits per heavy atom. The zero-order valence-electron chi connectivity index (χ0n) is 39.8. The minimum absolute atomic E-state index is 0.0848. The van der Waals surface area contributed by atoms with Gasteiger partial charge in [0.15, 0.2) is 0 Å². The summed E-state index contributed by atoms with van der Waals surface area (Å²) < 4.78 is 67.7. The molecule has 0 aliphatic heterocycles. The van der Waals surface area contributed by atoms with Crippen molar-refractivity contribution >= 4 is 16.8 Å². The van der Waals surface area contributed by atoms with Crippen LogP contribution in [0.15, 0.2) is 53.6 Å². The number of amides is 1. The van der Waals surface area contributed by atoms with Crippen molar-refractivity contribution in [2.24, 2.45) is 7.05 Å². The van der Waals surface area contributed by atoms with E-state index in [0.717, 1.165) is 0 Å². The highest BCUT2D eigenvalue weighted by Crippen LogP contribution is 2.41. The van der Waals surface area contributed by atoms with E-state index in [1.165, 1.54) is 16.7 Å². The number of carbonyl (C=O) groups excluding carboxylic acids is 1. The number of hydrogen-bond acceptors (Lipinski definition) is 14. The number of hydrogen-bond donors (Lipinski definition) is 3. The summed E-state index contributed by atoms with van der Waals surface area (Å²) in [4.78, 5) is 29.9.